The summed E-state index contributed by atoms with van der Waals surface area (Å²) in [4.78, 5) is 10.2. The Balaban J connectivity index is 2.33. The van der Waals surface area contributed by atoms with E-state index in [0.717, 1.165) is 27.1 Å². The lowest BCUT2D eigenvalue weighted by molar-refractivity contribution is 0.310. The quantitative estimate of drug-likeness (QED) is 0.743. The molecule has 3 aromatic rings. The number of nitrogens with zero attached hydrogens (tertiary/aromatic N) is 4. The maximum absolute atomic E-state index is 5.72. The Hall–Kier alpha value is -2.02. The van der Waals surface area contributed by atoms with Crippen LogP contribution in [-0.4, -0.2) is 20.3 Å². The molecule has 0 spiro atoms. The molecule has 3 aromatic heterocycles. The van der Waals surface area contributed by atoms with Gasteiger partial charge in [0.05, 0.1) is 4.88 Å². The van der Waals surface area contributed by atoms with Crippen molar-refractivity contribution in [1.29, 1.82) is 0 Å². The molecular weight excluding hydrogens is 238 g/mol. The predicted molar refractivity (Wildman–Crippen MR) is 64.5 cm³/mol. The van der Waals surface area contributed by atoms with Gasteiger partial charge in [-0.2, -0.15) is 0 Å². The van der Waals surface area contributed by atoms with Gasteiger partial charge in [0.2, 0.25) is 0 Å². The van der Waals surface area contributed by atoms with Crippen LogP contribution >= 0.6 is 11.3 Å². The second kappa shape index (κ2) is 3.77. The smallest absolute Gasteiger partial charge is 0.197 e. The summed E-state index contributed by atoms with van der Waals surface area (Å²) in [5.74, 6) is 0.305. The van der Waals surface area contributed by atoms with Gasteiger partial charge >= 0.3 is 0 Å². The second-order valence-electron chi connectivity index (χ2n) is 3.50. The number of aryl methyl sites for hydroxylation is 1. The zero-order chi connectivity index (χ0) is 11.8. The van der Waals surface area contributed by atoms with Gasteiger partial charge in [0, 0.05) is 11.6 Å². The van der Waals surface area contributed by atoms with E-state index in [2.05, 4.69) is 31.8 Å². The lowest BCUT2D eigenvalue weighted by Crippen LogP contribution is -1.89. The van der Waals surface area contributed by atoms with Crippen LogP contribution in [0.25, 0.3) is 20.8 Å². The summed E-state index contributed by atoms with van der Waals surface area (Å²) in [7, 11) is 0. The molecule has 86 valence electrons. The molecule has 0 unspecified atom stereocenters. The van der Waals surface area contributed by atoms with Crippen LogP contribution < -0.4 is 5.73 Å². The standard InChI is InChI=1S/C10H9N5OS/c1-2-5-6-3-12-4-13-10(6)17-8(5)7-9(11)15-16-14-7/h3-4H,2H2,1H3,(H2,11,15). The van der Waals surface area contributed by atoms with Crippen LogP contribution in [0.15, 0.2) is 17.2 Å². The van der Waals surface area contributed by atoms with Gasteiger partial charge in [0.25, 0.3) is 0 Å². The van der Waals surface area contributed by atoms with E-state index in [9.17, 15) is 0 Å². The molecule has 0 amide bonds. The van der Waals surface area contributed by atoms with Gasteiger partial charge in [-0.3, -0.25) is 0 Å². The Morgan fingerprint density at radius 1 is 1.41 bits per heavy atom. The number of nitrogen functional groups attached to an aromatic ring is 1. The summed E-state index contributed by atoms with van der Waals surface area (Å²) < 4.78 is 4.64. The van der Waals surface area contributed by atoms with Gasteiger partial charge in [-0.05, 0) is 22.3 Å². The summed E-state index contributed by atoms with van der Waals surface area (Å²) in [5, 5.41) is 8.48. The number of fused-ring (bicyclic) bond motifs is 1. The molecule has 0 atom stereocenters. The molecule has 0 bridgehead atoms. The highest BCUT2D eigenvalue weighted by atomic mass is 32.1. The number of thiophene rings is 1. The minimum atomic E-state index is 0.305. The van der Waals surface area contributed by atoms with Gasteiger partial charge in [0.1, 0.15) is 11.2 Å². The van der Waals surface area contributed by atoms with E-state index in [0.29, 0.717) is 11.5 Å². The van der Waals surface area contributed by atoms with Crippen molar-refractivity contribution in [2.45, 2.75) is 13.3 Å². The average molecular weight is 247 g/mol. The van der Waals surface area contributed by atoms with Gasteiger partial charge in [-0.1, -0.05) is 6.92 Å². The highest BCUT2D eigenvalue weighted by Crippen LogP contribution is 2.38. The summed E-state index contributed by atoms with van der Waals surface area (Å²) in [6.07, 6.45) is 4.20. The first-order chi connectivity index (χ1) is 8.31. The Labute approximate surface area is 100 Å². The minimum absolute atomic E-state index is 0.305. The number of anilines is 1. The second-order valence-corrected chi connectivity index (χ2v) is 4.50. The van der Waals surface area contributed by atoms with Crippen LogP contribution in [-0.2, 0) is 6.42 Å². The zero-order valence-corrected chi connectivity index (χ0v) is 9.86. The van der Waals surface area contributed by atoms with Crippen LogP contribution in [0.5, 0.6) is 0 Å². The number of rotatable bonds is 2. The van der Waals surface area contributed by atoms with E-state index in [-0.39, 0.29) is 0 Å². The first kappa shape index (κ1) is 10.2. The molecule has 0 aliphatic heterocycles. The summed E-state index contributed by atoms with van der Waals surface area (Å²) >= 11 is 1.53. The lowest BCUT2D eigenvalue weighted by Gasteiger charge is -1.96. The Bertz CT molecular complexity index is 674. The first-order valence-corrected chi connectivity index (χ1v) is 5.92. The molecule has 0 aromatic carbocycles. The fourth-order valence-electron chi connectivity index (χ4n) is 1.78. The molecule has 6 nitrogen and oxygen atoms in total. The molecule has 0 saturated carbocycles. The maximum Gasteiger partial charge on any atom is 0.197 e. The molecule has 17 heavy (non-hydrogen) atoms. The normalized spacial score (nSPS) is 11.1. The van der Waals surface area contributed by atoms with Crippen molar-refractivity contribution in [2.24, 2.45) is 0 Å². The highest BCUT2D eigenvalue weighted by Gasteiger charge is 2.18. The fourth-order valence-corrected chi connectivity index (χ4v) is 2.98. The molecule has 3 rings (SSSR count). The monoisotopic (exact) mass is 247 g/mol. The molecule has 3 heterocycles. The van der Waals surface area contributed by atoms with E-state index in [4.69, 9.17) is 5.73 Å². The van der Waals surface area contributed by atoms with E-state index >= 15 is 0 Å². The SMILES string of the molecule is CCc1c(-c2nonc2N)sc2ncncc12. The van der Waals surface area contributed by atoms with E-state index in [1.807, 2.05) is 6.20 Å². The average Bonchev–Trinajstić information content (AvgIpc) is 2.91. The fraction of sp³-hybridized carbons (Fsp3) is 0.200. The summed E-state index contributed by atoms with van der Waals surface area (Å²) in [6, 6.07) is 0. The van der Waals surface area contributed by atoms with Crippen LogP contribution in [0.1, 0.15) is 12.5 Å². The van der Waals surface area contributed by atoms with Crippen molar-refractivity contribution in [1.82, 2.24) is 20.3 Å². The molecule has 7 heteroatoms. The van der Waals surface area contributed by atoms with Crippen molar-refractivity contribution >= 4 is 27.4 Å². The molecule has 0 fully saturated rings. The van der Waals surface area contributed by atoms with Crippen molar-refractivity contribution in [2.75, 3.05) is 5.73 Å². The minimum Gasteiger partial charge on any atom is -0.379 e. The van der Waals surface area contributed by atoms with Gasteiger partial charge in [0.15, 0.2) is 11.5 Å². The van der Waals surface area contributed by atoms with E-state index in [1.165, 1.54) is 17.7 Å². The molecule has 2 N–H and O–H groups in total. The van der Waals surface area contributed by atoms with Crippen molar-refractivity contribution in [3.05, 3.63) is 18.1 Å². The topological polar surface area (TPSA) is 90.7 Å². The van der Waals surface area contributed by atoms with Crippen LogP contribution in [0, 0.1) is 0 Å². The number of nitrogens with two attached hydrogens (primary N) is 1. The summed E-state index contributed by atoms with van der Waals surface area (Å²) in [5.41, 5.74) is 7.44. The van der Waals surface area contributed by atoms with Crippen LogP contribution in [0.3, 0.4) is 0 Å². The number of hydrogen-bond donors (Lipinski definition) is 1. The third-order valence-corrected chi connectivity index (χ3v) is 3.72. The largest absolute Gasteiger partial charge is 0.379 e. The molecule has 0 radical (unpaired) electrons. The van der Waals surface area contributed by atoms with Gasteiger partial charge in [-0.15, -0.1) is 11.3 Å². The van der Waals surface area contributed by atoms with Crippen molar-refractivity contribution < 1.29 is 4.63 Å². The van der Waals surface area contributed by atoms with Crippen molar-refractivity contribution in [3.63, 3.8) is 0 Å². The molecular formula is C10H9N5OS. The third kappa shape index (κ3) is 1.47. The molecule has 0 aliphatic rings. The van der Waals surface area contributed by atoms with Gasteiger partial charge in [-0.25, -0.2) is 14.6 Å². The highest BCUT2D eigenvalue weighted by molar-refractivity contribution is 7.22. The summed E-state index contributed by atoms with van der Waals surface area (Å²) in [6.45, 7) is 2.07. The first-order valence-electron chi connectivity index (χ1n) is 5.11. The Kier molecular flexibility index (Phi) is 2.25. The van der Waals surface area contributed by atoms with Crippen molar-refractivity contribution in [3.8, 4) is 10.6 Å². The van der Waals surface area contributed by atoms with Crippen LogP contribution in [0.2, 0.25) is 0 Å². The zero-order valence-electron chi connectivity index (χ0n) is 9.04. The van der Waals surface area contributed by atoms with Crippen LogP contribution in [0.4, 0.5) is 5.82 Å². The Morgan fingerprint density at radius 2 is 2.29 bits per heavy atom. The van der Waals surface area contributed by atoms with Gasteiger partial charge < -0.3 is 5.73 Å². The number of hydrogen-bond acceptors (Lipinski definition) is 7. The third-order valence-electron chi connectivity index (χ3n) is 2.56. The predicted octanol–water partition coefficient (Wildman–Crippen LogP) is 1.89. The van der Waals surface area contributed by atoms with E-state index in [1.54, 1.807) is 0 Å². The molecule has 0 aliphatic carbocycles. The maximum atomic E-state index is 5.72. The number of aromatic nitrogens is 4. The van der Waals surface area contributed by atoms with E-state index < -0.39 is 0 Å². The lowest BCUT2D eigenvalue weighted by atomic mass is 10.1. The molecule has 0 saturated heterocycles. The Morgan fingerprint density at radius 3 is 3.00 bits per heavy atom.